The van der Waals surface area contributed by atoms with Gasteiger partial charge >= 0.3 is 0 Å². The summed E-state index contributed by atoms with van der Waals surface area (Å²) < 4.78 is 0. The maximum Gasteiger partial charge on any atom is 0.229 e. The molecule has 100 valence electrons. The van der Waals surface area contributed by atoms with Gasteiger partial charge in [0.05, 0.1) is 17.0 Å². The first-order chi connectivity index (χ1) is 9.13. The highest BCUT2D eigenvalue weighted by Gasteiger charge is 2.29. The zero-order valence-corrected chi connectivity index (χ0v) is 11.2. The molecule has 1 aliphatic rings. The van der Waals surface area contributed by atoms with Gasteiger partial charge in [0.15, 0.2) is 0 Å². The number of amides is 1. The van der Waals surface area contributed by atoms with E-state index in [2.05, 4.69) is 27.5 Å². The van der Waals surface area contributed by atoms with Gasteiger partial charge in [0.1, 0.15) is 5.82 Å². The Kier molecular flexibility index (Phi) is 2.98. The highest BCUT2D eigenvalue weighted by Crippen LogP contribution is 2.21. The summed E-state index contributed by atoms with van der Waals surface area (Å²) in [5, 5.41) is 6.23. The molecule has 19 heavy (non-hydrogen) atoms. The Morgan fingerprint density at radius 2 is 2.26 bits per heavy atom. The molecule has 0 aliphatic carbocycles. The van der Waals surface area contributed by atoms with Crippen LogP contribution in [-0.4, -0.2) is 29.0 Å². The average molecular weight is 258 g/mol. The first-order valence-corrected chi connectivity index (χ1v) is 6.61. The van der Waals surface area contributed by atoms with Crippen molar-refractivity contribution in [2.75, 3.05) is 18.4 Å². The van der Waals surface area contributed by atoms with Gasteiger partial charge in [0.25, 0.3) is 0 Å². The fourth-order valence-corrected chi connectivity index (χ4v) is 2.61. The van der Waals surface area contributed by atoms with Crippen molar-refractivity contribution in [3.05, 3.63) is 24.0 Å². The topological polar surface area (TPSA) is 69.8 Å². The number of fused-ring (bicyclic) bond motifs is 1. The SMILES string of the molecule is Cc1nc2ccc(NC(=O)[C@@H]3CNC[C@H]3C)cc2[nH]1. The van der Waals surface area contributed by atoms with Crippen molar-refractivity contribution in [3.63, 3.8) is 0 Å². The molecule has 0 unspecified atom stereocenters. The number of imidazole rings is 1. The van der Waals surface area contributed by atoms with Crippen molar-refractivity contribution in [2.24, 2.45) is 11.8 Å². The highest BCUT2D eigenvalue weighted by atomic mass is 16.1. The van der Waals surface area contributed by atoms with Crippen LogP contribution in [0.2, 0.25) is 0 Å². The van der Waals surface area contributed by atoms with Crippen LogP contribution in [-0.2, 0) is 4.79 Å². The molecule has 0 bridgehead atoms. The molecule has 1 amide bonds. The molecule has 1 aromatic carbocycles. The molecule has 2 aromatic rings. The van der Waals surface area contributed by atoms with Crippen molar-refractivity contribution in [1.29, 1.82) is 0 Å². The average Bonchev–Trinajstić information content (AvgIpc) is 2.93. The largest absolute Gasteiger partial charge is 0.342 e. The molecular formula is C14H18N4O. The van der Waals surface area contributed by atoms with E-state index in [4.69, 9.17) is 0 Å². The molecule has 5 heteroatoms. The van der Waals surface area contributed by atoms with Crippen molar-refractivity contribution in [3.8, 4) is 0 Å². The molecular weight excluding hydrogens is 240 g/mol. The maximum absolute atomic E-state index is 12.2. The lowest BCUT2D eigenvalue weighted by molar-refractivity contribution is -0.120. The Labute approximate surface area is 111 Å². The number of carbonyl (C=O) groups is 1. The number of H-pyrrole nitrogens is 1. The molecule has 2 heterocycles. The van der Waals surface area contributed by atoms with Crippen LogP contribution in [0.4, 0.5) is 5.69 Å². The Hall–Kier alpha value is -1.88. The minimum atomic E-state index is 0.0548. The fourth-order valence-electron chi connectivity index (χ4n) is 2.61. The summed E-state index contributed by atoms with van der Waals surface area (Å²) in [6.45, 7) is 5.70. The standard InChI is InChI=1S/C14H18N4O/c1-8-6-15-7-11(8)14(19)18-10-3-4-12-13(5-10)17-9(2)16-12/h3-5,8,11,15H,6-7H2,1-2H3,(H,16,17)(H,18,19)/t8-,11-/m1/s1. The van der Waals surface area contributed by atoms with Crippen LogP contribution in [0.3, 0.4) is 0 Å². The van der Waals surface area contributed by atoms with Crippen molar-refractivity contribution in [2.45, 2.75) is 13.8 Å². The van der Waals surface area contributed by atoms with E-state index in [0.29, 0.717) is 5.92 Å². The van der Waals surface area contributed by atoms with Crippen LogP contribution in [0.1, 0.15) is 12.7 Å². The summed E-state index contributed by atoms with van der Waals surface area (Å²) in [4.78, 5) is 19.7. The summed E-state index contributed by atoms with van der Waals surface area (Å²) in [6.07, 6.45) is 0. The zero-order chi connectivity index (χ0) is 13.4. The maximum atomic E-state index is 12.2. The number of aromatic nitrogens is 2. The third-order valence-electron chi connectivity index (χ3n) is 3.72. The number of aryl methyl sites for hydroxylation is 1. The van der Waals surface area contributed by atoms with Gasteiger partial charge in [-0.15, -0.1) is 0 Å². The lowest BCUT2D eigenvalue weighted by Crippen LogP contribution is -2.27. The van der Waals surface area contributed by atoms with Gasteiger partial charge in [-0.2, -0.15) is 0 Å². The van der Waals surface area contributed by atoms with Crippen molar-refractivity contribution in [1.82, 2.24) is 15.3 Å². The van der Waals surface area contributed by atoms with Gasteiger partial charge < -0.3 is 15.6 Å². The number of nitrogens with one attached hydrogen (secondary N) is 3. The molecule has 1 aliphatic heterocycles. The number of anilines is 1. The third-order valence-corrected chi connectivity index (χ3v) is 3.72. The Morgan fingerprint density at radius 1 is 1.42 bits per heavy atom. The van der Waals surface area contributed by atoms with E-state index in [1.165, 1.54) is 0 Å². The summed E-state index contributed by atoms with van der Waals surface area (Å²) in [6, 6.07) is 5.75. The second-order valence-electron chi connectivity index (χ2n) is 5.29. The third kappa shape index (κ3) is 2.33. The van der Waals surface area contributed by atoms with Crippen LogP contribution >= 0.6 is 0 Å². The van der Waals surface area contributed by atoms with Gasteiger partial charge in [-0.3, -0.25) is 4.79 Å². The number of carbonyl (C=O) groups excluding carboxylic acids is 1. The summed E-state index contributed by atoms with van der Waals surface area (Å²) in [5.74, 6) is 1.41. The van der Waals surface area contributed by atoms with E-state index in [1.54, 1.807) is 0 Å². The molecule has 1 aromatic heterocycles. The minimum Gasteiger partial charge on any atom is -0.342 e. The molecule has 5 nitrogen and oxygen atoms in total. The second kappa shape index (κ2) is 4.66. The molecule has 1 saturated heterocycles. The highest BCUT2D eigenvalue weighted by molar-refractivity contribution is 5.95. The number of rotatable bonds is 2. The molecule has 1 fully saturated rings. The number of nitrogens with zero attached hydrogens (tertiary/aromatic N) is 1. The second-order valence-corrected chi connectivity index (χ2v) is 5.29. The zero-order valence-electron chi connectivity index (χ0n) is 11.2. The predicted molar refractivity (Wildman–Crippen MR) is 75.0 cm³/mol. The van der Waals surface area contributed by atoms with Crippen LogP contribution in [0.15, 0.2) is 18.2 Å². The van der Waals surface area contributed by atoms with E-state index in [1.807, 2.05) is 25.1 Å². The predicted octanol–water partition coefficient (Wildman–Crippen LogP) is 1.67. The molecule has 0 radical (unpaired) electrons. The number of aromatic amines is 1. The lowest BCUT2D eigenvalue weighted by Gasteiger charge is -2.14. The van der Waals surface area contributed by atoms with E-state index >= 15 is 0 Å². The number of hydrogen-bond donors (Lipinski definition) is 3. The molecule has 0 saturated carbocycles. The van der Waals surface area contributed by atoms with Crippen molar-refractivity contribution < 1.29 is 4.79 Å². The first kappa shape index (κ1) is 12.2. The smallest absolute Gasteiger partial charge is 0.229 e. The van der Waals surface area contributed by atoms with E-state index in [-0.39, 0.29) is 11.8 Å². The molecule has 0 spiro atoms. The van der Waals surface area contributed by atoms with Crippen LogP contribution in [0, 0.1) is 18.8 Å². The lowest BCUT2D eigenvalue weighted by atomic mass is 9.97. The number of benzene rings is 1. The van der Waals surface area contributed by atoms with Crippen LogP contribution in [0.25, 0.3) is 11.0 Å². The minimum absolute atomic E-state index is 0.0548. The van der Waals surface area contributed by atoms with E-state index in [0.717, 1.165) is 35.6 Å². The van der Waals surface area contributed by atoms with E-state index in [9.17, 15) is 4.79 Å². The summed E-state index contributed by atoms with van der Waals surface area (Å²) in [7, 11) is 0. The molecule has 2 atom stereocenters. The van der Waals surface area contributed by atoms with Gasteiger partial charge in [-0.1, -0.05) is 6.92 Å². The van der Waals surface area contributed by atoms with E-state index < -0.39 is 0 Å². The Balaban J connectivity index is 1.79. The van der Waals surface area contributed by atoms with Crippen molar-refractivity contribution >= 4 is 22.6 Å². The Morgan fingerprint density at radius 3 is 3.00 bits per heavy atom. The number of hydrogen-bond acceptors (Lipinski definition) is 3. The van der Waals surface area contributed by atoms with Gasteiger partial charge in [0, 0.05) is 12.2 Å². The van der Waals surface area contributed by atoms with Gasteiger partial charge in [-0.05, 0) is 37.6 Å². The normalized spacial score (nSPS) is 22.8. The fraction of sp³-hybridized carbons (Fsp3) is 0.429. The first-order valence-electron chi connectivity index (χ1n) is 6.61. The Bertz CT molecular complexity index is 619. The quantitative estimate of drug-likeness (QED) is 0.767. The monoisotopic (exact) mass is 258 g/mol. The molecule has 3 rings (SSSR count). The van der Waals surface area contributed by atoms with Crippen LogP contribution in [0.5, 0.6) is 0 Å². The van der Waals surface area contributed by atoms with Crippen LogP contribution < -0.4 is 10.6 Å². The summed E-state index contributed by atoms with van der Waals surface area (Å²) in [5.41, 5.74) is 2.69. The molecule has 3 N–H and O–H groups in total. The van der Waals surface area contributed by atoms with Gasteiger partial charge in [0.2, 0.25) is 5.91 Å². The van der Waals surface area contributed by atoms with Gasteiger partial charge in [-0.25, -0.2) is 4.98 Å². The summed E-state index contributed by atoms with van der Waals surface area (Å²) >= 11 is 0.